The van der Waals surface area contributed by atoms with Crippen LogP contribution in [0.1, 0.15) is 43.0 Å². The molecule has 0 aliphatic heterocycles. The van der Waals surface area contributed by atoms with Crippen LogP contribution in [0.5, 0.6) is 0 Å². The van der Waals surface area contributed by atoms with Gasteiger partial charge in [-0.25, -0.2) is 0 Å². The fourth-order valence-corrected chi connectivity index (χ4v) is 1.76. The third kappa shape index (κ3) is 3.30. The molecule has 1 rings (SSSR count). The van der Waals surface area contributed by atoms with Crippen molar-refractivity contribution in [1.82, 2.24) is 0 Å². The van der Waals surface area contributed by atoms with Crippen molar-refractivity contribution in [2.24, 2.45) is 16.9 Å². The Morgan fingerprint density at radius 3 is 2.35 bits per heavy atom. The molecule has 3 nitrogen and oxygen atoms in total. The van der Waals surface area contributed by atoms with Crippen LogP contribution in [0.2, 0.25) is 0 Å². The summed E-state index contributed by atoms with van der Waals surface area (Å²) in [6.07, 6.45) is 0.560. The SMILES string of the molecule is Cc1ccc(C(N)CC(C)(C)C(N)=O)cc1C. The first-order valence-electron chi connectivity index (χ1n) is 5.86. The predicted molar refractivity (Wildman–Crippen MR) is 70.4 cm³/mol. The second-order valence-corrected chi connectivity index (χ2v) is 5.40. The van der Waals surface area contributed by atoms with Gasteiger partial charge >= 0.3 is 0 Å². The molecule has 0 aliphatic rings. The Balaban J connectivity index is 2.87. The summed E-state index contributed by atoms with van der Waals surface area (Å²) in [5.74, 6) is -0.309. The highest BCUT2D eigenvalue weighted by atomic mass is 16.1. The first kappa shape index (κ1) is 13.7. The Morgan fingerprint density at radius 2 is 1.88 bits per heavy atom. The van der Waals surface area contributed by atoms with Gasteiger partial charge in [-0.15, -0.1) is 0 Å². The third-order valence-corrected chi connectivity index (χ3v) is 3.36. The van der Waals surface area contributed by atoms with Gasteiger partial charge in [-0.1, -0.05) is 32.0 Å². The molecule has 94 valence electrons. The molecule has 0 aliphatic carbocycles. The van der Waals surface area contributed by atoms with Gasteiger partial charge in [0.2, 0.25) is 5.91 Å². The Kier molecular flexibility index (Phi) is 3.94. The van der Waals surface area contributed by atoms with E-state index in [4.69, 9.17) is 11.5 Å². The Hall–Kier alpha value is -1.35. The van der Waals surface area contributed by atoms with E-state index in [1.807, 2.05) is 19.9 Å². The summed E-state index contributed by atoms with van der Waals surface area (Å²) in [7, 11) is 0. The summed E-state index contributed by atoms with van der Waals surface area (Å²) >= 11 is 0. The molecule has 0 spiro atoms. The zero-order chi connectivity index (χ0) is 13.2. The lowest BCUT2D eigenvalue weighted by Crippen LogP contribution is -2.34. The van der Waals surface area contributed by atoms with Gasteiger partial charge < -0.3 is 11.5 Å². The molecule has 0 bridgehead atoms. The summed E-state index contributed by atoms with van der Waals surface area (Å²) in [5, 5.41) is 0. The lowest BCUT2D eigenvalue weighted by Gasteiger charge is -2.25. The number of benzene rings is 1. The second kappa shape index (κ2) is 4.88. The first-order chi connectivity index (χ1) is 7.74. The molecule has 1 atom stereocenters. The summed E-state index contributed by atoms with van der Waals surface area (Å²) in [6, 6.07) is 6.00. The minimum atomic E-state index is -0.571. The van der Waals surface area contributed by atoms with Crippen molar-refractivity contribution < 1.29 is 4.79 Å². The van der Waals surface area contributed by atoms with Crippen LogP contribution in [-0.4, -0.2) is 5.91 Å². The number of nitrogens with two attached hydrogens (primary N) is 2. The van der Waals surface area contributed by atoms with Gasteiger partial charge in [-0.05, 0) is 37.0 Å². The zero-order valence-corrected chi connectivity index (χ0v) is 11.1. The fraction of sp³-hybridized carbons (Fsp3) is 0.500. The highest BCUT2D eigenvalue weighted by Crippen LogP contribution is 2.28. The number of hydrogen-bond acceptors (Lipinski definition) is 2. The van der Waals surface area contributed by atoms with Crippen molar-refractivity contribution in [1.29, 1.82) is 0 Å². The van der Waals surface area contributed by atoms with Crippen LogP contribution in [0.4, 0.5) is 0 Å². The van der Waals surface area contributed by atoms with Crippen LogP contribution in [-0.2, 0) is 4.79 Å². The lowest BCUT2D eigenvalue weighted by molar-refractivity contribution is -0.126. The summed E-state index contributed by atoms with van der Waals surface area (Å²) < 4.78 is 0. The van der Waals surface area contributed by atoms with Crippen molar-refractivity contribution in [2.45, 2.75) is 40.2 Å². The lowest BCUT2D eigenvalue weighted by atomic mass is 9.83. The number of hydrogen-bond donors (Lipinski definition) is 2. The number of amides is 1. The van der Waals surface area contributed by atoms with E-state index in [0.717, 1.165) is 5.56 Å². The largest absolute Gasteiger partial charge is 0.369 e. The summed E-state index contributed by atoms with van der Waals surface area (Å²) in [6.45, 7) is 7.79. The Bertz CT molecular complexity index is 424. The molecule has 1 unspecified atom stereocenters. The molecule has 0 aromatic heterocycles. The van der Waals surface area contributed by atoms with Crippen molar-refractivity contribution >= 4 is 5.91 Å². The van der Waals surface area contributed by atoms with E-state index < -0.39 is 5.41 Å². The van der Waals surface area contributed by atoms with Crippen molar-refractivity contribution in [3.05, 3.63) is 34.9 Å². The van der Waals surface area contributed by atoms with E-state index >= 15 is 0 Å². The highest BCUT2D eigenvalue weighted by Gasteiger charge is 2.28. The summed E-state index contributed by atoms with van der Waals surface area (Å²) in [4.78, 5) is 11.3. The van der Waals surface area contributed by atoms with Gasteiger partial charge in [0.25, 0.3) is 0 Å². The van der Waals surface area contributed by atoms with Crippen LogP contribution in [0.3, 0.4) is 0 Å². The zero-order valence-electron chi connectivity index (χ0n) is 11.1. The molecule has 1 amide bonds. The third-order valence-electron chi connectivity index (χ3n) is 3.36. The smallest absolute Gasteiger partial charge is 0.223 e. The topological polar surface area (TPSA) is 69.1 Å². The molecular weight excluding hydrogens is 212 g/mol. The monoisotopic (exact) mass is 234 g/mol. The van der Waals surface area contributed by atoms with Crippen LogP contribution >= 0.6 is 0 Å². The van der Waals surface area contributed by atoms with Crippen molar-refractivity contribution in [2.75, 3.05) is 0 Å². The van der Waals surface area contributed by atoms with E-state index in [-0.39, 0.29) is 11.9 Å². The average Bonchev–Trinajstić information content (AvgIpc) is 2.21. The molecule has 17 heavy (non-hydrogen) atoms. The second-order valence-electron chi connectivity index (χ2n) is 5.40. The van der Waals surface area contributed by atoms with Crippen molar-refractivity contribution in [3.63, 3.8) is 0 Å². The number of primary amides is 1. The number of carbonyl (C=O) groups excluding carboxylic acids is 1. The number of rotatable bonds is 4. The first-order valence-corrected chi connectivity index (χ1v) is 5.86. The molecule has 0 saturated carbocycles. The standard InChI is InChI=1S/C14H22N2O/c1-9-5-6-11(7-10(9)2)12(15)8-14(3,4)13(16)17/h5-7,12H,8,15H2,1-4H3,(H2,16,17). The minimum absolute atomic E-state index is 0.156. The molecule has 4 N–H and O–H groups in total. The molecule has 0 radical (unpaired) electrons. The minimum Gasteiger partial charge on any atom is -0.369 e. The molecular formula is C14H22N2O. The van der Waals surface area contributed by atoms with Crippen LogP contribution in [0.15, 0.2) is 18.2 Å². The van der Waals surface area contributed by atoms with Gasteiger partial charge in [0.05, 0.1) is 0 Å². The van der Waals surface area contributed by atoms with Crippen LogP contribution in [0, 0.1) is 19.3 Å². The molecule has 0 heterocycles. The molecule has 1 aromatic carbocycles. The quantitative estimate of drug-likeness (QED) is 0.838. The van der Waals surface area contributed by atoms with Crippen molar-refractivity contribution in [3.8, 4) is 0 Å². The van der Waals surface area contributed by atoms with E-state index in [0.29, 0.717) is 6.42 Å². The number of aryl methyl sites for hydroxylation is 2. The van der Waals surface area contributed by atoms with Gasteiger partial charge in [-0.3, -0.25) is 4.79 Å². The predicted octanol–water partition coefficient (Wildman–Crippen LogP) is 2.20. The van der Waals surface area contributed by atoms with Gasteiger partial charge in [0, 0.05) is 11.5 Å². The van der Waals surface area contributed by atoms with Gasteiger partial charge in [-0.2, -0.15) is 0 Å². The van der Waals surface area contributed by atoms with E-state index in [9.17, 15) is 4.79 Å². The van der Waals surface area contributed by atoms with Gasteiger partial charge in [0.1, 0.15) is 0 Å². The maximum atomic E-state index is 11.3. The van der Waals surface area contributed by atoms with Crippen LogP contribution in [0.25, 0.3) is 0 Å². The van der Waals surface area contributed by atoms with Crippen LogP contribution < -0.4 is 11.5 Å². The fourth-order valence-electron chi connectivity index (χ4n) is 1.76. The number of carbonyl (C=O) groups is 1. The van der Waals surface area contributed by atoms with Gasteiger partial charge in [0.15, 0.2) is 0 Å². The maximum Gasteiger partial charge on any atom is 0.223 e. The molecule has 1 aromatic rings. The average molecular weight is 234 g/mol. The Labute approximate surface area is 103 Å². The van der Waals surface area contributed by atoms with E-state index in [1.165, 1.54) is 11.1 Å². The molecule has 3 heteroatoms. The Morgan fingerprint density at radius 1 is 1.29 bits per heavy atom. The molecule has 0 saturated heterocycles. The van der Waals surface area contributed by atoms with E-state index in [2.05, 4.69) is 26.0 Å². The highest BCUT2D eigenvalue weighted by molar-refractivity contribution is 5.79. The van der Waals surface area contributed by atoms with E-state index in [1.54, 1.807) is 0 Å². The molecule has 0 fully saturated rings. The summed E-state index contributed by atoms with van der Waals surface area (Å²) in [5.41, 5.74) is 14.4. The normalized spacial score (nSPS) is 13.5. The maximum absolute atomic E-state index is 11.3.